The van der Waals surface area contributed by atoms with Crippen LogP contribution < -0.4 is 10.0 Å². The molecule has 1 amide bonds. The first kappa shape index (κ1) is 21.0. The summed E-state index contributed by atoms with van der Waals surface area (Å²) in [6, 6.07) is 19.1. The van der Waals surface area contributed by atoms with Crippen molar-refractivity contribution in [2.24, 2.45) is 0 Å². The molecule has 3 aromatic carbocycles. The number of carbonyl (C=O) groups excluding carboxylic acids is 1. The van der Waals surface area contributed by atoms with Gasteiger partial charge in [-0.15, -0.1) is 11.8 Å². The lowest BCUT2D eigenvalue weighted by molar-refractivity contribution is 0.102. The Morgan fingerprint density at radius 2 is 1.66 bits per heavy atom. The van der Waals surface area contributed by atoms with Crippen LogP contribution in [0.25, 0.3) is 0 Å². The van der Waals surface area contributed by atoms with Crippen LogP contribution >= 0.6 is 11.8 Å². The lowest BCUT2D eigenvalue weighted by Gasteiger charge is -2.12. The first-order chi connectivity index (χ1) is 13.8. The van der Waals surface area contributed by atoms with Crippen LogP contribution in [0.5, 0.6) is 0 Å². The molecule has 0 aliphatic carbocycles. The molecule has 0 aromatic heterocycles. The summed E-state index contributed by atoms with van der Waals surface area (Å²) in [6.45, 7) is 3.66. The Balaban J connectivity index is 1.77. The number of rotatable bonds is 6. The van der Waals surface area contributed by atoms with E-state index in [9.17, 15) is 13.2 Å². The minimum Gasteiger partial charge on any atom is -0.322 e. The molecule has 29 heavy (non-hydrogen) atoms. The topological polar surface area (TPSA) is 75.3 Å². The van der Waals surface area contributed by atoms with Crippen LogP contribution in [0.1, 0.15) is 21.5 Å². The van der Waals surface area contributed by atoms with Crippen LogP contribution in [0, 0.1) is 13.8 Å². The van der Waals surface area contributed by atoms with Crippen molar-refractivity contribution >= 4 is 39.1 Å². The largest absolute Gasteiger partial charge is 0.322 e. The van der Waals surface area contributed by atoms with E-state index >= 15 is 0 Å². The van der Waals surface area contributed by atoms with Crippen molar-refractivity contribution in [2.45, 2.75) is 23.6 Å². The zero-order valence-corrected chi connectivity index (χ0v) is 18.0. The highest BCUT2D eigenvalue weighted by atomic mass is 32.2. The zero-order chi connectivity index (χ0) is 21.0. The summed E-state index contributed by atoms with van der Waals surface area (Å²) >= 11 is 1.60. The van der Waals surface area contributed by atoms with Gasteiger partial charge < -0.3 is 5.32 Å². The van der Waals surface area contributed by atoms with Gasteiger partial charge in [0.05, 0.1) is 10.6 Å². The van der Waals surface area contributed by atoms with Crippen molar-refractivity contribution in [3.63, 3.8) is 0 Å². The number of amides is 1. The number of hydrogen-bond donors (Lipinski definition) is 2. The van der Waals surface area contributed by atoms with Gasteiger partial charge in [-0.2, -0.15) is 0 Å². The van der Waals surface area contributed by atoms with E-state index in [1.54, 1.807) is 61.2 Å². The molecule has 0 aliphatic heterocycles. The smallest absolute Gasteiger partial charge is 0.261 e. The van der Waals surface area contributed by atoms with Gasteiger partial charge in [0.15, 0.2) is 0 Å². The van der Waals surface area contributed by atoms with Crippen molar-refractivity contribution in [1.82, 2.24) is 0 Å². The third kappa shape index (κ3) is 5.19. The number of hydrogen-bond acceptors (Lipinski definition) is 4. The highest BCUT2D eigenvalue weighted by Gasteiger charge is 2.16. The average Bonchev–Trinajstić information content (AvgIpc) is 2.70. The first-order valence-electron chi connectivity index (χ1n) is 8.94. The number of thioether (sulfide) groups is 1. The number of anilines is 2. The van der Waals surface area contributed by atoms with E-state index in [-0.39, 0.29) is 10.8 Å². The second-order valence-electron chi connectivity index (χ2n) is 6.63. The number of aryl methyl sites for hydroxylation is 2. The quantitative estimate of drug-likeness (QED) is 0.539. The van der Waals surface area contributed by atoms with Gasteiger partial charge in [-0.1, -0.05) is 23.8 Å². The molecular weight excluding hydrogens is 404 g/mol. The van der Waals surface area contributed by atoms with Crippen LogP contribution in [-0.4, -0.2) is 20.6 Å². The fraction of sp³-hybridized carbons (Fsp3) is 0.136. The Labute approximate surface area is 175 Å². The predicted molar refractivity (Wildman–Crippen MR) is 119 cm³/mol. The van der Waals surface area contributed by atoms with Gasteiger partial charge in [0.25, 0.3) is 15.9 Å². The van der Waals surface area contributed by atoms with Crippen molar-refractivity contribution in [1.29, 1.82) is 0 Å². The van der Waals surface area contributed by atoms with Gasteiger partial charge in [-0.25, -0.2) is 8.42 Å². The fourth-order valence-electron chi connectivity index (χ4n) is 2.74. The number of nitrogens with one attached hydrogen (secondary N) is 2. The summed E-state index contributed by atoms with van der Waals surface area (Å²) in [5.41, 5.74) is 3.25. The minimum atomic E-state index is -3.69. The summed E-state index contributed by atoms with van der Waals surface area (Å²) in [6.07, 6.45) is 1.97. The van der Waals surface area contributed by atoms with Crippen molar-refractivity contribution < 1.29 is 13.2 Å². The molecule has 0 heterocycles. The minimum absolute atomic E-state index is 0.193. The predicted octanol–water partition coefficient (Wildman–Crippen LogP) is 5.08. The molecule has 7 heteroatoms. The molecule has 0 bridgehead atoms. The van der Waals surface area contributed by atoms with Crippen molar-refractivity contribution in [2.75, 3.05) is 16.3 Å². The van der Waals surface area contributed by atoms with Gasteiger partial charge in [0.2, 0.25) is 0 Å². The maximum Gasteiger partial charge on any atom is 0.261 e. The molecule has 0 spiro atoms. The summed E-state index contributed by atoms with van der Waals surface area (Å²) in [5.74, 6) is -0.251. The monoisotopic (exact) mass is 426 g/mol. The molecule has 5 nitrogen and oxygen atoms in total. The molecule has 2 N–H and O–H groups in total. The van der Waals surface area contributed by atoms with E-state index in [1.165, 1.54) is 0 Å². The SMILES string of the molecule is CSc1cccc(NC(=O)c2ccc(NS(=O)(=O)c3ccc(C)cc3)c(C)c2)c1. The van der Waals surface area contributed by atoms with E-state index in [0.29, 0.717) is 22.5 Å². The molecule has 3 rings (SSSR count). The Hall–Kier alpha value is -2.77. The second-order valence-corrected chi connectivity index (χ2v) is 9.20. The van der Waals surface area contributed by atoms with E-state index < -0.39 is 10.0 Å². The van der Waals surface area contributed by atoms with Crippen LogP contribution in [0.2, 0.25) is 0 Å². The molecule has 150 valence electrons. The molecule has 0 aliphatic rings. The Morgan fingerprint density at radius 3 is 2.31 bits per heavy atom. The molecular formula is C22H22N2O3S2. The average molecular weight is 427 g/mol. The lowest BCUT2D eigenvalue weighted by atomic mass is 10.1. The molecule has 0 fully saturated rings. The van der Waals surface area contributed by atoms with Gasteiger partial charge in [-0.05, 0) is 74.2 Å². The molecule has 0 radical (unpaired) electrons. The summed E-state index contributed by atoms with van der Waals surface area (Å²) < 4.78 is 27.8. The second kappa shape index (κ2) is 8.71. The summed E-state index contributed by atoms with van der Waals surface area (Å²) in [5, 5.41) is 2.87. The van der Waals surface area contributed by atoms with Crippen LogP contribution in [-0.2, 0) is 10.0 Å². The van der Waals surface area contributed by atoms with Crippen LogP contribution in [0.4, 0.5) is 11.4 Å². The van der Waals surface area contributed by atoms with Crippen LogP contribution in [0.15, 0.2) is 76.5 Å². The first-order valence-corrected chi connectivity index (χ1v) is 11.6. The number of benzene rings is 3. The zero-order valence-electron chi connectivity index (χ0n) is 16.4. The molecule has 3 aromatic rings. The standard InChI is InChI=1S/C22H22N2O3S2/c1-15-7-10-20(11-8-15)29(26,27)24-21-12-9-17(13-16(21)2)22(25)23-18-5-4-6-19(14-18)28-3/h4-14,24H,1-3H3,(H,23,25). The lowest BCUT2D eigenvalue weighted by Crippen LogP contribution is -2.15. The maximum atomic E-state index is 12.6. The maximum absolute atomic E-state index is 12.6. The third-order valence-corrected chi connectivity index (χ3v) is 6.50. The highest BCUT2D eigenvalue weighted by molar-refractivity contribution is 7.98. The van der Waals surface area contributed by atoms with Gasteiger partial charge in [0.1, 0.15) is 0 Å². The van der Waals surface area contributed by atoms with Crippen LogP contribution in [0.3, 0.4) is 0 Å². The van der Waals surface area contributed by atoms with E-state index in [0.717, 1.165) is 10.5 Å². The Kier molecular flexibility index (Phi) is 6.30. The van der Waals surface area contributed by atoms with E-state index in [2.05, 4.69) is 10.0 Å². The molecule has 0 saturated carbocycles. The molecule has 0 unspecified atom stereocenters. The Bertz CT molecular complexity index is 1140. The van der Waals surface area contributed by atoms with Gasteiger partial charge in [-0.3, -0.25) is 9.52 Å². The van der Waals surface area contributed by atoms with E-state index in [1.807, 2.05) is 37.4 Å². The summed E-state index contributed by atoms with van der Waals surface area (Å²) in [7, 11) is -3.69. The normalized spacial score (nSPS) is 11.1. The van der Waals surface area contributed by atoms with Gasteiger partial charge >= 0.3 is 0 Å². The number of sulfonamides is 1. The highest BCUT2D eigenvalue weighted by Crippen LogP contribution is 2.23. The third-order valence-electron chi connectivity index (χ3n) is 4.39. The van der Waals surface area contributed by atoms with E-state index in [4.69, 9.17) is 0 Å². The summed E-state index contributed by atoms with van der Waals surface area (Å²) in [4.78, 5) is 13.8. The van der Waals surface area contributed by atoms with Crippen molar-refractivity contribution in [3.8, 4) is 0 Å². The van der Waals surface area contributed by atoms with Crippen molar-refractivity contribution in [3.05, 3.63) is 83.4 Å². The molecule has 0 atom stereocenters. The van der Waals surface area contributed by atoms with Gasteiger partial charge in [0, 0.05) is 16.1 Å². The number of carbonyl (C=O) groups is 1. The Morgan fingerprint density at radius 1 is 0.931 bits per heavy atom. The fourth-order valence-corrected chi connectivity index (χ4v) is 4.33. The molecule has 0 saturated heterocycles.